The number of amides is 2. The van der Waals surface area contributed by atoms with Crippen molar-refractivity contribution in [2.75, 3.05) is 19.8 Å². The Morgan fingerprint density at radius 1 is 1.32 bits per heavy atom. The SMILES string of the molecule is CC(C)(C)C1OCCCC1CNC(=O)c1ccccc1OCC(N)=O. The molecular formula is C19H28N2O4. The van der Waals surface area contributed by atoms with Crippen molar-refractivity contribution in [2.45, 2.75) is 39.7 Å². The van der Waals surface area contributed by atoms with E-state index < -0.39 is 5.91 Å². The summed E-state index contributed by atoms with van der Waals surface area (Å²) in [5, 5.41) is 2.98. The summed E-state index contributed by atoms with van der Waals surface area (Å²) >= 11 is 0. The smallest absolute Gasteiger partial charge is 0.255 e. The predicted molar refractivity (Wildman–Crippen MR) is 95.4 cm³/mol. The van der Waals surface area contributed by atoms with Gasteiger partial charge in [-0.05, 0) is 30.4 Å². The summed E-state index contributed by atoms with van der Waals surface area (Å²) in [7, 11) is 0. The molecule has 1 aliphatic rings. The maximum absolute atomic E-state index is 12.6. The van der Waals surface area contributed by atoms with Crippen molar-refractivity contribution < 1.29 is 19.1 Å². The molecule has 0 radical (unpaired) electrons. The molecule has 0 aromatic heterocycles. The van der Waals surface area contributed by atoms with Gasteiger partial charge in [0.05, 0.1) is 11.7 Å². The zero-order chi connectivity index (χ0) is 18.4. The summed E-state index contributed by atoms with van der Waals surface area (Å²) in [5.41, 5.74) is 5.52. The van der Waals surface area contributed by atoms with E-state index in [-0.39, 0.29) is 30.0 Å². The molecule has 6 nitrogen and oxygen atoms in total. The normalized spacial score (nSPS) is 20.8. The van der Waals surface area contributed by atoms with Gasteiger partial charge < -0.3 is 20.5 Å². The van der Waals surface area contributed by atoms with E-state index in [4.69, 9.17) is 15.2 Å². The molecule has 2 amide bonds. The quantitative estimate of drug-likeness (QED) is 0.824. The lowest BCUT2D eigenvalue weighted by atomic mass is 9.78. The molecule has 0 aliphatic carbocycles. The van der Waals surface area contributed by atoms with Crippen LogP contribution in [-0.2, 0) is 9.53 Å². The Morgan fingerprint density at radius 3 is 2.72 bits per heavy atom. The topological polar surface area (TPSA) is 90.7 Å². The van der Waals surface area contributed by atoms with Gasteiger partial charge in [0.2, 0.25) is 0 Å². The third kappa shape index (κ3) is 5.46. The van der Waals surface area contributed by atoms with Crippen molar-refractivity contribution in [1.29, 1.82) is 0 Å². The van der Waals surface area contributed by atoms with Crippen molar-refractivity contribution in [1.82, 2.24) is 5.32 Å². The summed E-state index contributed by atoms with van der Waals surface area (Å²) < 4.78 is 11.3. The fourth-order valence-electron chi connectivity index (χ4n) is 3.26. The van der Waals surface area contributed by atoms with Gasteiger partial charge in [0.15, 0.2) is 6.61 Å². The van der Waals surface area contributed by atoms with Crippen molar-refractivity contribution in [3.8, 4) is 5.75 Å². The molecule has 1 aromatic rings. The van der Waals surface area contributed by atoms with Crippen molar-refractivity contribution in [3.05, 3.63) is 29.8 Å². The maximum Gasteiger partial charge on any atom is 0.255 e. The van der Waals surface area contributed by atoms with Crippen molar-refractivity contribution >= 4 is 11.8 Å². The first-order valence-electron chi connectivity index (χ1n) is 8.69. The average Bonchev–Trinajstić information content (AvgIpc) is 2.57. The van der Waals surface area contributed by atoms with Crippen LogP contribution < -0.4 is 15.8 Å². The van der Waals surface area contributed by atoms with Crippen molar-refractivity contribution in [3.63, 3.8) is 0 Å². The van der Waals surface area contributed by atoms with E-state index in [1.165, 1.54) is 0 Å². The molecule has 25 heavy (non-hydrogen) atoms. The molecule has 1 aromatic carbocycles. The minimum Gasteiger partial charge on any atom is -0.483 e. The molecule has 1 aliphatic heterocycles. The Balaban J connectivity index is 2.01. The maximum atomic E-state index is 12.6. The molecule has 3 N–H and O–H groups in total. The molecule has 2 atom stereocenters. The van der Waals surface area contributed by atoms with Gasteiger partial charge in [0.25, 0.3) is 11.8 Å². The Labute approximate surface area is 149 Å². The second kappa shape index (κ2) is 8.34. The minimum absolute atomic E-state index is 0.0261. The lowest BCUT2D eigenvalue weighted by Gasteiger charge is -2.40. The third-order valence-corrected chi connectivity index (χ3v) is 4.32. The van der Waals surface area contributed by atoms with Crippen LogP contribution in [0.25, 0.3) is 0 Å². The second-order valence-electron chi connectivity index (χ2n) is 7.52. The number of hydrogen-bond donors (Lipinski definition) is 2. The van der Waals surface area contributed by atoms with Gasteiger partial charge >= 0.3 is 0 Å². The van der Waals surface area contributed by atoms with E-state index in [1.54, 1.807) is 24.3 Å². The largest absolute Gasteiger partial charge is 0.483 e. The fourth-order valence-corrected chi connectivity index (χ4v) is 3.26. The van der Waals surface area contributed by atoms with E-state index in [1.807, 2.05) is 0 Å². The summed E-state index contributed by atoms with van der Waals surface area (Å²) in [5.74, 6) is -0.177. The summed E-state index contributed by atoms with van der Waals surface area (Å²) in [6.45, 7) is 7.54. The molecule has 2 rings (SSSR count). The van der Waals surface area contributed by atoms with Gasteiger partial charge in [-0.3, -0.25) is 9.59 Å². The fraction of sp³-hybridized carbons (Fsp3) is 0.579. The van der Waals surface area contributed by atoms with Crippen LogP contribution in [0.1, 0.15) is 44.0 Å². The number of carbonyl (C=O) groups excluding carboxylic acids is 2. The molecule has 0 bridgehead atoms. The molecule has 0 saturated carbocycles. The third-order valence-electron chi connectivity index (χ3n) is 4.32. The molecule has 1 saturated heterocycles. The first-order chi connectivity index (χ1) is 11.8. The van der Waals surface area contributed by atoms with Gasteiger partial charge in [-0.2, -0.15) is 0 Å². The lowest BCUT2D eigenvalue weighted by molar-refractivity contribution is -0.119. The van der Waals surface area contributed by atoms with Crippen LogP contribution >= 0.6 is 0 Å². The van der Waals surface area contributed by atoms with Crippen LogP contribution in [0.2, 0.25) is 0 Å². The number of primary amides is 1. The standard InChI is InChI=1S/C19H28N2O4/c1-19(2,3)17-13(7-6-10-24-17)11-21-18(23)14-8-4-5-9-15(14)25-12-16(20)22/h4-5,8-9,13,17H,6-7,10-12H2,1-3H3,(H2,20,22)(H,21,23). The number of rotatable bonds is 6. The van der Waals surface area contributed by atoms with Gasteiger partial charge in [-0.25, -0.2) is 0 Å². The first-order valence-corrected chi connectivity index (χ1v) is 8.69. The molecule has 1 heterocycles. The highest BCUT2D eigenvalue weighted by Crippen LogP contribution is 2.33. The summed E-state index contributed by atoms with van der Waals surface area (Å²) in [6, 6.07) is 6.83. The number of benzene rings is 1. The van der Waals surface area contributed by atoms with E-state index in [9.17, 15) is 9.59 Å². The number of nitrogens with two attached hydrogens (primary N) is 1. The van der Waals surface area contributed by atoms with Crippen LogP contribution in [0.3, 0.4) is 0 Å². The van der Waals surface area contributed by atoms with E-state index in [2.05, 4.69) is 26.1 Å². The minimum atomic E-state index is -0.581. The monoisotopic (exact) mass is 348 g/mol. The molecule has 0 spiro atoms. The van der Waals surface area contributed by atoms with Gasteiger partial charge in [0.1, 0.15) is 5.75 Å². The highest BCUT2D eigenvalue weighted by molar-refractivity contribution is 5.97. The van der Waals surface area contributed by atoms with Crippen LogP contribution in [0.5, 0.6) is 5.75 Å². The second-order valence-corrected chi connectivity index (χ2v) is 7.52. The number of ether oxygens (including phenoxy) is 2. The Hall–Kier alpha value is -2.08. The summed E-state index contributed by atoms with van der Waals surface area (Å²) in [6.07, 6.45) is 2.15. The van der Waals surface area contributed by atoms with Gasteiger partial charge in [-0.1, -0.05) is 32.9 Å². The predicted octanol–water partition coefficient (Wildman–Crippen LogP) is 2.12. The highest BCUT2D eigenvalue weighted by atomic mass is 16.5. The first kappa shape index (κ1) is 19.2. The number of hydrogen-bond acceptors (Lipinski definition) is 4. The Kier molecular flexibility index (Phi) is 6.42. The highest BCUT2D eigenvalue weighted by Gasteiger charge is 2.35. The van der Waals surface area contributed by atoms with Crippen LogP contribution in [0.4, 0.5) is 0 Å². The number of para-hydroxylation sites is 1. The van der Waals surface area contributed by atoms with Crippen LogP contribution in [0.15, 0.2) is 24.3 Å². The van der Waals surface area contributed by atoms with Crippen molar-refractivity contribution in [2.24, 2.45) is 17.1 Å². The molecule has 138 valence electrons. The molecule has 1 fully saturated rings. The molecule has 2 unspecified atom stereocenters. The van der Waals surface area contributed by atoms with E-state index in [0.29, 0.717) is 17.9 Å². The van der Waals surface area contributed by atoms with E-state index >= 15 is 0 Å². The molecular weight excluding hydrogens is 320 g/mol. The Bertz CT molecular complexity index is 610. The average molecular weight is 348 g/mol. The molecule has 6 heteroatoms. The van der Waals surface area contributed by atoms with Crippen LogP contribution in [-0.4, -0.2) is 37.7 Å². The summed E-state index contributed by atoms with van der Waals surface area (Å²) in [4.78, 5) is 23.5. The zero-order valence-corrected chi connectivity index (χ0v) is 15.2. The lowest BCUT2D eigenvalue weighted by Crippen LogP contribution is -2.45. The van der Waals surface area contributed by atoms with E-state index in [0.717, 1.165) is 19.4 Å². The Morgan fingerprint density at radius 2 is 2.04 bits per heavy atom. The van der Waals surface area contributed by atoms with Gasteiger partial charge in [-0.15, -0.1) is 0 Å². The number of nitrogens with one attached hydrogen (secondary N) is 1. The van der Waals surface area contributed by atoms with Crippen LogP contribution in [0, 0.1) is 11.3 Å². The zero-order valence-electron chi connectivity index (χ0n) is 15.2. The van der Waals surface area contributed by atoms with Gasteiger partial charge in [0, 0.05) is 19.1 Å². The number of carbonyl (C=O) groups is 2.